The Labute approximate surface area is 102 Å². The first-order chi connectivity index (χ1) is 7.47. The molecule has 1 aromatic carbocycles. The van der Waals surface area contributed by atoms with Crippen LogP contribution < -0.4 is 0 Å². The van der Waals surface area contributed by atoms with Crippen molar-refractivity contribution >= 4 is 21.7 Å². The number of carbonyl (C=O) groups is 1. The molecule has 1 unspecified atom stereocenters. The summed E-state index contributed by atoms with van der Waals surface area (Å²) in [6.07, 6.45) is 0.488. The van der Waals surface area contributed by atoms with Gasteiger partial charge in [-0.05, 0) is 34.5 Å². The second-order valence-electron chi connectivity index (χ2n) is 3.77. The summed E-state index contributed by atoms with van der Waals surface area (Å²) >= 11 is 2.97. The number of halogens is 3. The molecule has 0 heterocycles. The van der Waals surface area contributed by atoms with Crippen molar-refractivity contribution in [2.75, 3.05) is 0 Å². The van der Waals surface area contributed by atoms with Crippen molar-refractivity contribution in [1.82, 2.24) is 0 Å². The molecule has 1 nitrogen and oxygen atoms in total. The lowest BCUT2D eigenvalue weighted by Crippen LogP contribution is -2.14. The third kappa shape index (κ3) is 2.88. The van der Waals surface area contributed by atoms with Gasteiger partial charge in [-0.1, -0.05) is 13.8 Å². The zero-order valence-electron chi connectivity index (χ0n) is 9.19. The van der Waals surface area contributed by atoms with Gasteiger partial charge in [0.1, 0.15) is 17.4 Å². The van der Waals surface area contributed by atoms with Crippen LogP contribution in [0.3, 0.4) is 0 Å². The lowest BCUT2D eigenvalue weighted by atomic mass is 9.97. The van der Waals surface area contributed by atoms with Crippen molar-refractivity contribution in [2.24, 2.45) is 5.92 Å². The molecule has 0 spiro atoms. The van der Waals surface area contributed by atoms with E-state index in [1.54, 1.807) is 6.92 Å². The van der Waals surface area contributed by atoms with Gasteiger partial charge in [-0.25, -0.2) is 8.78 Å². The van der Waals surface area contributed by atoms with E-state index in [9.17, 15) is 13.6 Å². The Kier molecular flexibility index (Phi) is 4.59. The highest BCUT2D eigenvalue weighted by Gasteiger charge is 2.18. The summed E-state index contributed by atoms with van der Waals surface area (Å²) in [7, 11) is 0. The maximum atomic E-state index is 13.6. The van der Waals surface area contributed by atoms with Gasteiger partial charge >= 0.3 is 0 Å². The predicted octanol–water partition coefficient (Wildman–Crippen LogP) is 3.89. The Morgan fingerprint density at radius 2 is 2.06 bits per heavy atom. The van der Waals surface area contributed by atoms with Gasteiger partial charge in [0, 0.05) is 17.9 Å². The molecule has 0 N–H and O–H groups in total. The molecule has 0 fully saturated rings. The molecular weight excluding hydrogens is 278 g/mol. The molecule has 1 rings (SSSR count). The fourth-order valence-electron chi connectivity index (χ4n) is 1.31. The van der Waals surface area contributed by atoms with E-state index in [0.29, 0.717) is 6.42 Å². The monoisotopic (exact) mass is 290 g/mol. The van der Waals surface area contributed by atoms with Gasteiger partial charge in [0.25, 0.3) is 0 Å². The van der Waals surface area contributed by atoms with Crippen LogP contribution in [-0.2, 0) is 11.2 Å². The molecule has 0 saturated heterocycles. The zero-order chi connectivity index (χ0) is 12.3. The highest BCUT2D eigenvalue weighted by Crippen LogP contribution is 2.23. The van der Waals surface area contributed by atoms with Crippen molar-refractivity contribution in [3.8, 4) is 0 Å². The Morgan fingerprint density at radius 1 is 1.44 bits per heavy atom. The SMILES string of the molecule is CCC(C)C(=O)Cc1c(F)ccc(Br)c1F. The smallest absolute Gasteiger partial charge is 0.143 e. The topological polar surface area (TPSA) is 17.1 Å². The van der Waals surface area contributed by atoms with E-state index in [1.807, 2.05) is 6.92 Å². The molecule has 16 heavy (non-hydrogen) atoms. The molecule has 4 heteroatoms. The van der Waals surface area contributed by atoms with Crippen LogP contribution in [-0.4, -0.2) is 5.78 Å². The molecule has 0 aliphatic heterocycles. The first-order valence-electron chi connectivity index (χ1n) is 5.12. The fraction of sp³-hybridized carbons (Fsp3) is 0.417. The summed E-state index contributed by atoms with van der Waals surface area (Å²) in [5, 5.41) is 0. The number of hydrogen-bond acceptors (Lipinski definition) is 1. The van der Waals surface area contributed by atoms with Crippen LogP contribution in [0.25, 0.3) is 0 Å². The lowest BCUT2D eigenvalue weighted by Gasteiger charge is -2.09. The summed E-state index contributed by atoms with van der Waals surface area (Å²) in [4.78, 5) is 11.6. The largest absolute Gasteiger partial charge is 0.299 e. The molecular formula is C12H13BrF2O. The molecule has 0 amide bonds. The summed E-state index contributed by atoms with van der Waals surface area (Å²) in [6, 6.07) is 2.45. The maximum absolute atomic E-state index is 13.6. The molecule has 0 aliphatic rings. The Bertz CT molecular complexity index is 404. The maximum Gasteiger partial charge on any atom is 0.143 e. The second kappa shape index (κ2) is 5.53. The van der Waals surface area contributed by atoms with Crippen LogP contribution in [0, 0.1) is 17.6 Å². The van der Waals surface area contributed by atoms with Crippen LogP contribution in [0.4, 0.5) is 8.78 Å². The van der Waals surface area contributed by atoms with Gasteiger partial charge in [0.15, 0.2) is 0 Å². The minimum absolute atomic E-state index is 0.140. The summed E-state index contributed by atoms with van der Waals surface area (Å²) in [6.45, 7) is 3.63. The van der Waals surface area contributed by atoms with E-state index in [-0.39, 0.29) is 28.2 Å². The summed E-state index contributed by atoms with van der Waals surface area (Å²) < 4.78 is 27.1. The predicted molar refractivity (Wildman–Crippen MR) is 62.2 cm³/mol. The first-order valence-corrected chi connectivity index (χ1v) is 5.91. The van der Waals surface area contributed by atoms with Crippen molar-refractivity contribution in [3.63, 3.8) is 0 Å². The minimum Gasteiger partial charge on any atom is -0.299 e. The highest BCUT2D eigenvalue weighted by atomic mass is 79.9. The van der Waals surface area contributed by atoms with Gasteiger partial charge in [-0.2, -0.15) is 0 Å². The van der Waals surface area contributed by atoms with Gasteiger partial charge in [0.05, 0.1) is 4.47 Å². The van der Waals surface area contributed by atoms with Crippen LogP contribution in [0.1, 0.15) is 25.8 Å². The van der Waals surface area contributed by atoms with Crippen LogP contribution in [0.2, 0.25) is 0 Å². The standard InChI is InChI=1S/C12H13BrF2O/c1-3-7(2)11(16)6-8-10(14)5-4-9(13)12(8)15/h4-5,7H,3,6H2,1-2H3. The van der Waals surface area contributed by atoms with Crippen molar-refractivity contribution in [1.29, 1.82) is 0 Å². The van der Waals surface area contributed by atoms with Crippen LogP contribution in [0.15, 0.2) is 16.6 Å². The summed E-state index contributed by atoms with van der Waals surface area (Å²) in [5.74, 6) is -1.66. The molecule has 0 radical (unpaired) electrons. The number of hydrogen-bond donors (Lipinski definition) is 0. The number of ketones is 1. The average molecular weight is 291 g/mol. The molecule has 1 atom stereocenters. The van der Waals surface area contributed by atoms with Crippen LogP contribution in [0.5, 0.6) is 0 Å². The number of carbonyl (C=O) groups excluding carboxylic acids is 1. The van der Waals surface area contributed by atoms with Gasteiger partial charge in [-0.3, -0.25) is 4.79 Å². The number of Topliss-reactive ketones (excluding diaryl/α,β-unsaturated/α-hetero) is 1. The Morgan fingerprint density at radius 3 is 2.62 bits per heavy atom. The third-order valence-corrected chi connectivity index (χ3v) is 3.26. The number of benzene rings is 1. The van der Waals surface area contributed by atoms with Gasteiger partial charge in [-0.15, -0.1) is 0 Å². The van der Waals surface area contributed by atoms with Crippen molar-refractivity contribution < 1.29 is 13.6 Å². The van der Waals surface area contributed by atoms with E-state index in [2.05, 4.69) is 15.9 Å². The third-order valence-electron chi connectivity index (χ3n) is 2.65. The van der Waals surface area contributed by atoms with E-state index in [4.69, 9.17) is 0 Å². The van der Waals surface area contributed by atoms with Gasteiger partial charge < -0.3 is 0 Å². The average Bonchev–Trinajstić information content (AvgIpc) is 2.28. The minimum atomic E-state index is -0.684. The molecule has 88 valence electrons. The lowest BCUT2D eigenvalue weighted by molar-refractivity contribution is -0.121. The van der Waals surface area contributed by atoms with E-state index in [0.717, 1.165) is 6.07 Å². The highest BCUT2D eigenvalue weighted by molar-refractivity contribution is 9.10. The number of rotatable bonds is 4. The van der Waals surface area contributed by atoms with Crippen LogP contribution >= 0.6 is 15.9 Å². The van der Waals surface area contributed by atoms with Crippen molar-refractivity contribution in [2.45, 2.75) is 26.7 Å². The second-order valence-corrected chi connectivity index (χ2v) is 4.63. The molecule has 0 aromatic heterocycles. The van der Waals surface area contributed by atoms with Gasteiger partial charge in [0.2, 0.25) is 0 Å². The molecule has 0 aliphatic carbocycles. The molecule has 0 saturated carbocycles. The quantitative estimate of drug-likeness (QED) is 0.769. The Balaban J connectivity index is 2.97. The normalized spacial score (nSPS) is 12.6. The molecule has 0 bridgehead atoms. The van der Waals surface area contributed by atoms with Crippen molar-refractivity contribution in [3.05, 3.63) is 33.8 Å². The first kappa shape index (κ1) is 13.3. The van der Waals surface area contributed by atoms with E-state index in [1.165, 1.54) is 6.07 Å². The van der Waals surface area contributed by atoms with E-state index < -0.39 is 11.6 Å². The fourth-order valence-corrected chi connectivity index (χ4v) is 1.68. The molecule has 1 aromatic rings. The Hall–Kier alpha value is -0.770. The zero-order valence-corrected chi connectivity index (χ0v) is 10.8. The van der Waals surface area contributed by atoms with E-state index >= 15 is 0 Å². The summed E-state index contributed by atoms with van der Waals surface area (Å²) in [5.41, 5.74) is -0.153.